The van der Waals surface area contributed by atoms with Crippen LogP contribution in [-0.4, -0.2) is 11.9 Å². The number of halogens is 1. The number of fused-ring (bicyclic) bond motifs is 1. The van der Waals surface area contributed by atoms with Crippen LogP contribution in [0.1, 0.15) is 16.5 Å². The summed E-state index contributed by atoms with van der Waals surface area (Å²) in [6.07, 6.45) is -0.679. The first-order valence-electron chi connectivity index (χ1n) is 5.07. The van der Waals surface area contributed by atoms with Crippen LogP contribution in [-0.2, 0) is 0 Å². The van der Waals surface area contributed by atoms with Crippen molar-refractivity contribution < 1.29 is 14.6 Å². The largest absolute Gasteiger partial charge is 0.454 e. The zero-order chi connectivity index (χ0) is 11.8. The van der Waals surface area contributed by atoms with E-state index in [0.29, 0.717) is 15.8 Å². The van der Waals surface area contributed by atoms with Crippen molar-refractivity contribution in [3.8, 4) is 11.5 Å². The smallest absolute Gasteiger partial charge is 0.231 e. The minimum absolute atomic E-state index is 0.236. The predicted molar refractivity (Wildman–Crippen MR) is 66.0 cm³/mol. The van der Waals surface area contributed by atoms with Crippen LogP contribution in [0.25, 0.3) is 0 Å². The quantitative estimate of drug-likeness (QED) is 0.909. The van der Waals surface area contributed by atoms with Crippen molar-refractivity contribution in [2.75, 3.05) is 6.79 Å². The molecule has 0 saturated carbocycles. The number of aliphatic hydroxyl groups is 1. The van der Waals surface area contributed by atoms with E-state index in [4.69, 9.17) is 21.1 Å². The molecule has 0 spiro atoms. The van der Waals surface area contributed by atoms with E-state index in [-0.39, 0.29) is 6.79 Å². The Morgan fingerprint density at radius 2 is 2.00 bits per heavy atom. The summed E-state index contributed by atoms with van der Waals surface area (Å²) in [4.78, 5) is 0.814. The van der Waals surface area contributed by atoms with E-state index in [1.54, 1.807) is 18.2 Å². The van der Waals surface area contributed by atoms with E-state index in [1.165, 1.54) is 11.3 Å². The van der Waals surface area contributed by atoms with Crippen molar-refractivity contribution in [3.63, 3.8) is 0 Å². The number of hydrogen-bond acceptors (Lipinski definition) is 4. The van der Waals surface area contributed by atoms with Crippen molar-refractivity contribution in [3.05, 3.63) is 45.1 Å². The Labute approximate surface area is 107 Å². The van der Waals surface area contributed by atoms with Gasteiger partial charge in [0.25, 0.3) is 0 Å². The molecule has 17 heavy (non-hydrogen) atoms. The maximum atomic E-state index is 10.2. The van der Waals surface area contributed by atoms with Gasteiger partial charge in [0, 0.05) is 4.88 Å². The highest BCUT2D eigenvalue weighted by molar-refractivity contribution is 7.16. The lowest BCUT2D eigenvalue weighted by Crippen LogP contribution is -1.96. The zero-order valence-corrected chi connectivity index (χ0v) is 10.3. The monoisotopic (exact) mass is 268 g/mol. The lowest BCUT2D eigenvalue weighted by molar-refractivity contribution is 0.173. The van der Waals surface area contributed by atoms with Gasteiger partial charge in [0.1, 0.15) is 6.10 Å². The zero-order valence-electron chi connectivity index (χ0n) is 8.72. The number of aliphatic hydroxyl groups excluding tert-OH is 1. The lowest BCUT2D eigenvalue weighted by atomic mass is 10.1. The summed E-state index contributed by atoms with van der Waals surface area (Å²) in [7, 11) is 0. The van der Waals surface area contributed by atoms with Crippen LogP contribution in [0.15, 0.2) is 30.3 Å². The summed E-state index contributed by atoms with van der Waals surface area (Å²) < 4.78 is 11.2. The molecule has 0 amide bonds. The Hall–Kier alpha value is -1.23. The highest BCUT2D eigenvalue weighted by atomic mass is 35.5. The van der Waals surface area contributed by atoms with Crippen LogP contribution >= 0.6 is 22.9 Å². The predicted octanol–water partition coefficient (Wildman–Crippen LogP) is 3.21. The van der Waals surface area contributed by atoms with E-state index in [0.717, 1.165) is 10.4 Å². The molecule has 1 aliphatic heterocycles. The second kappa shape index (κ2) is 4.22. The maximum Gasteiger partial charge on any atom is 0.231 e. The van der Waals surface area contributed by atoms with Gasteiger partial charge in [-0.05, 0) is 29.8 Å². The molecule has 3 nitrogen and oxygen atoms in total. The Bertz CT molecular complexity index is 552. The Balaban J connectivity index is 1.94. The molecule has 0 fully saturated rings. The van der Waals surface area contributed by atoms with Crippen molar-refractivity contribution >= 4 is 22.9 Å². The minimum Gasteiger partial charge on any atom is -0.454 e. The van der Waals surface area contributed by atoms with Crippen LogP contribution < -0.4 is 9.47 Å². The molecular formula is C12H9ClO3S. The molecular weight excluding hydrogens is 260 g/mol. The van der Waals surface area contributed by atoms with Crippen LogP contribution in [0.4, 0.5) is 0 Å². The molecule has 2 heterocycles. The van der Waals surface area contributed by atoms with Gasteiger partial charge in [-0.25, -0.2) is 0 Å². The summed E-state index contributed by atoms with van der Waals surface area (Å²) in [5.41, 5.74) is 0.771. The van der Waals surface area contributed by atoms with Gasteiger partial charge < -0.3 is 14.6 Å². The molecule has 1 aliphatic rings. The molecule has 0 aliphatic carbocycles. The summed E-state index contributed by atoms with van der Waals surface area (Å²) in [5, 5.41) is 10.2. The second-order valence-electron chi connectivity index (χ2n) is 3.66. The van der Waals surface area contributed by atoms with Crippen molar-refractivity contribution in [1.29, 1.82) is 0 Å². The summed E-state index contributed by atoms with van der Waals surface area (Å²) in [5.74, 6) is 1.38. The minimum atomic E-state index is -0.679. The molecule has 0 radical (unpaired) electrons. The van der Waals surface area contributed by atoms with Gasteiger partial charge in [0.05, 0.1) is 4.34 Å². The van der Waals surface area contributed by atoms with Gasteiger partial charge in [-0.2, -0.15) is 0 Å². The topological polar surface area (TPSA) is 38.7 Å². The van der Waals surface area contributed by atoms with Gasteiger partial charge in [0.15, 0.2) is 11.5 Å². The Kier molecular flexibility index (Phi) is 2.70. The average molecular weight is 269 g/mol. The van der Waals surface area contributed by atoms with Crippen LogP contribution in [0.2, 0.25) is 4.34 Å². The van der Waals surface area contributed by atoms with Crippen LogP contribution in [0.3, 0.4) is 0 Å². The molecule has 0 saturated heterocycles. The van der Waals surface area contributed by atoms with E-state index in [2.05, 4.69) is 0 Å². The van der Waals surface area contributed by atoms with Crippen LogP contribution in [0.5, 0.6) is 11.5 Å². The molecule has 5 heteroatoms. The molecule has 1 unspecified atom stereocenters. The number of hydrogen-bond donors (Lipinski definition) is 1. The number of benzene rings is 1. The highest BCUT2D eigenvalue weighted by Crippen LogP contribution is 2.37. The lowest BCUT2D eigenvalue weighted by Gasteiger charge is -2.09. The first-order chi connectivity index (χ1) is 8.24. The molecule has 0 bridgehead atoms. The van der Waals surface area contributed by atoms with E-state index >= 15 is 0 Å². The maximum absolute atomic E-state index is 10.2. The fourth-order valence-corrected chi connectivity index (χ4v) is 2.80. The summed E-state index contributed by atoms with van der Waals surface area (Å²) >= 11 is 7.22. The number of thiophene rings is 1. The molecule has 2 aromatic rings. The van der Waals surface area contributed by atoms with Gasteiger partial charge in [-0.3, -0.25) is 0 Å². The fraction of sp³-hybridized carbons (Fsp3) is 0.167. The Morgan fingerprint density at radius 1 is 1.18 bits per heavy atom. The second-order valence-corrected chi connectivity index (χ2v) is 5.40. The molecule has 1 N–H and O–H groups in total. The normalized spacial score (nSPS) is 14.9. The van der Waals surface area contributed by atoms with Crippen LogP contribution in [0, 0.1) is 0 Å². The molecule has 1 atom stereocenters. The number of ether oxygens (including phenoxy) is 2. The van der Waals surface area contributed by atoms with Crippen molar-refractivity contribution in [2.45, 2.75) is 6.10 Å². The number of rotatable bonds is 2. The highest BCUT2D eigenvalue weighted by Gasteiger charge is 2.18. The Morgan fingerprint density at radius 3 is 2.76 bits per heavy atom. The van der Waals surface area contributed by atoms with E-state index in [1.807, 2.05) is 12.1 Å². The molecule has 1 aromatic carbocycles. The average Bonchev–Trinajstić information content (AvgIpc) is 2.95. The SMILES string of the molecule is OC(c1ccc2c(c1)OCO2)c1ccc(Cl)s1. The van der Waals surface area contributed by atoms with Crippen molar-refractivity contribution in [1.82, 2.24) is 0 Å². The summed E-state index contributed by atoms with van der Waals surface area (Å²) in [6.45, 7) is 0.236. The van der Waals surface area contributed by atoms with Gasteiger partial charge in [-0.1, -0.05) is 17.7 Å². The van der Waals surface area contributed by atoms with Crippen molar-refractivity contribution in [2.24, 2.45) is 0 Å². The third kappa shape index (κ3) is 1.99. The standard InChI is InChI=1S/C12H9ClO3S/c13-11-4-3-10(17-11)12(14)7-1-2-8-9(5-7)16-6-15-8/h1-5,12,14H,6H2. The third-order valence-electron chi connectivity index (χ3n) is 2.58. The molecule has 1 aromatic heterocycles. The van der Waals surface area contributed by atoms with Gasteiger partial charge in [0.2, 0.25) is 6.79 Å². The molecule has 88 valence electrons. The third-order valence-corrected chi connectivity index (χ3v) is 3.86. The van der Waals surface area contributed by atoms with Gasteiger partial charge in [-0.15, -0.1) is 11.3 Å². The van der Waals surface area contributed by atoms with E-state index < -0.39 is 6.10 Å². The van der Waals surface area contributed by atoms with Gasteiger partial charge >= 0.3 is 0 Å². The first-order valence-corrected chi connectivity index (χ1v) is 6.26. The first kappa shape index (κ1) is 10.9. The molecule has 3 rings (SSSR count). The summed E-state index contributed by atoms with van der Waals surface area (Å²) in [6, 6.07) is 9.02. The fourth-order valence-electron chi connectivity index (χ4n) is 1.72. The van der Waals surface area contributed by atoms with E-state index in [9.17, 15) is 5.11 Å².